The lowest BCUT2D eigenvalue weighted by Crippen LogP contribution is -2.55. The van der Waals surface area contributed by atoms with Crippen molar-refractivity contribution in [3.8, 4) is 0 Å². The fourth-order valence-electron chi connectivity index (χ4n) is 1.99. The SMILES string of the molecule is Cc1ccc(C2(C(F)(F)F)N=C(C(F)(F)F)NC(C(F)(F)F)=N2)cc1. The van der Waals surface area contributed by atoms with Crippen LogP contribution in [0.25, 0.3) is 0 Å². The van der Waals surface area contributed by atoms with Gasteiger partial charge in [-0.25, -0.2) is 9.98 Å². The topological polar surface area (TPSA) is 36.8 Å². The zero-order valence-electron chi connectivity index (χ0n) is 12.1. The Labute approximate surface area is 134 Å². The van der Waals surface area contributed by atoms with Gasteiger partial charge in [-0.3, -0.25) is 0 Å². The van der Waals surface area contributed by atoms with Gasteiger partial charge in [0, 0.05) is 5.56 Å². The lowest BCUT2D eigenvalue weighted by Gasteiger charge is -2.34. The van der Waals surface area contributed by atoms with E-state index in [1.165, 1.54) is 6.92 Å². The molecule has 1 aliphatic heterocycles. The second-order valence-corrected chi connectivity index (χ2v) is 5.08. The Hall–Kier alpha value is -2.27. The summed E-state index contributed by atoms with van der Waals surface area (Å²) < 4.78 is 118. The third-order valence-corrected chi connectivity index (χ3v) is 3.17. The summed E-state index contributed by atoms with van der Waals surface area (Å²) in [6, 6.07) is 3.64. The van der Waals surface area contributed by atoms with Crippen LogP contribution in [0.2, 0.25) is 0 Å². The summed E-state index contributed by atoms with van der Waals surface area (Å²) in [7, 11) is 0. The van der Waals surface area contributed by atoms with Crippen molar-refractivity contribution < 1.29 is 39.5 Å². The third kappa shape index (κ3) is 3.56. The molecule has 1 heterocycles. The minimum absolute atomic E-state index is 0.440. The average Bonchev–Trinajstić information content (AvgIpc) is 2.44. The Balaban J connectivity index is 2.82. The Bertz CT molecular complexity index is 678. The van der Waals surface area contributed by atoms with Crippen molar-refractivity contribution >= 4 is 11.7 Å². The number of hydrogen-bond acceptors (Lipinski definition) is 3. The Morgan fingerprint density at radius 1 is 0.760 bits per heavy atom. The molecule has 0 spiro atoms. The van der Waals surface area contributed by atoms with Gasteiger partial charge in [-0.05, 0) is 6.92 Å². The summed E-state index contributed by atoms with van der Waals surface area (Å²) in [5.41, 5.74) is -4.60. The van der Waals surface area contributed by atoms with Crippen molar-refractivity contribution in [2.24, 2.45) is 9.98 Å². The van der Waals surface area contributed by atoms with E-state index in [1.807, 2.05) is 0 Å². The fraction of sp³-hybridized carbons (Fsp3) is 0.385. The van der Waals surface area contributed by atoms with E-state index < -0.39 is 41.4 Å². The molecule has 3 nitrogen and oxygen atoms in total. The highest BCUT2D eigenvalue weighted by Crippen LogP contribution is 2.46. The van der Waals surface area contributed by atoms with E-state index in [1.54, 1.807) is 0 Å². The van der Waals surface area contributed by atoms with Crippen molar-refractivity contribution in [1.82, 2.24) is 5.32 Å². The van der Waals surface area contributed by atoms with Crippen molar-refractivity contribution in [2.75, 3.05) is 0 Å². The highest BCUT2D eigenvalue weighted by molar-refractivity contribution is 6.07. The van der Waals surface area contributed by atoms with Gasteiger partial charge in [0.25, 0.3) is 5.66 Å². The lowest BCUT2D eigenvalue weighted by atomic mass is 9.97. The van der Waals surface area contributed by atoms with E-state index >= 15 is 0 Å². The smallest absolute Gasteiger partial charge is 0.317 e. The number of nitrogens with one attached hydrogen (secondary N) is 1. The molecule has 1 aliphatic rings. The summed E-state index contributed by atoms with van der Waals surface area (Å²) in [4.78, 5) is 4.98. The van der Waals surface area contributed by atoms with Gasteiger partial charge in [-0.2, -0.15) is 39.5 Å². The van der Waals surface area contributed by atoms with Crippen LogP contribution in [0.4, 0.5) is 39.5 Å². The molecule has 2 rings (SSSR count). The van der Waals surface area contributed by atoms with Crippen LogP contribution in [0.15, 0.2) is 34.3 Å². The molecule has 0 amide bonds. The van der Waals surface area contributed by atoms with E-state index in [0.29, 0.717) is 5.56 Å². The summed E-state index contributed by atoms with van der Waals surface area (Å²) in [5, 5.41) is 0.791. The first-order valence-electron chi connectivity index (χ1n) is 6.42. The molecular weight excluding hydrogens is 369 g/mol. The highest BCUT2D eigenvalue weighted by atomic mass is 19.4. The minimum atomic E-state index is -5.66. The van der Waals surface area contributed by atoms with Crippen LogP contribution in [-0.4, -0.2) is 30.2 Å². The lowest BCUT2D eigenvalue weighted by molar-refractivity contribution is -0.188. The quantitative estimate of drug-likeness (QED) is 0.731. The number of aliphatic imine (C=N–C) groups is 2. The maximum Gasteiger partial charge on any atom is 0.449 e. The van der Waals surface area contributed by atoms with Gasteiger partial charge in [0.05, 0.1) is 0 Å². The molecule has 1 N–H and O–H groups in total. The predicted octanol–water partition coefficient (Wildman–Crippen LogP) is 4.23. The first-order valence-corrected chi connectivity index (χ1v) is 6.42. The van der Waals surface area contributed by atoms with Gasteiger partial charge in [0.1, 0.15) is 0 Å². The number of amidine groups is 2. The van der Waals surface area contributed by atoms with Gasteiger partial charge < -0.3 is 5.32 Å². The second-order valence-electron chi connectivity index (χ2n) is 5.08. The van der Waals surface area contributed by atoms with E-state index in [9.17, 15) is 39.5 Å². The molecule has 0 unspecified atom stereocenters. The van der Waals surface area contributed by atoms with E-state index in [2.05, 4.69) is 9.98 Å². The van der Waals surface area contributed by atoms with Crippen molar-refractivity contribution in [1.29, 1.82) is 0 Å². The van der Waals surface area contributed by atoms with E-state index in [4.69, 9.17) is 0 Å². The highest BCUT2D eigenvalue weighted by Gasteiger charge is 2.62. The largest absolute Gasteiger partial charge is 0.449 e. The van der Waals surface area contributed by atoms with Crippen molar-refractivity contribution in [3.05, 3.63) is 35.4 Å². The molecule has 0 atom stereocenters. The first kappa shape index (κ1) is 19.1. The molecule has 25 heavy (non-hydrogen) atoms. The number of alkyl halides is 9. The number of halogens is 9. The second kappa shape index (κ2) is 5.63. The normalized spacial score (nSPS) is 18.3. The summed E-state index contributed by atoms with van der Waals surface area (Å²) >= 11 is 0. The van der Waals surface area contributed by atoms with Crippen molar-refractivity contribution in [2.45, 2.75) is 31.1 Å². The van der Waals surface area contributed by atoms with Crippen LogP contribution in [0.3, 0.4) is 0 Å². The number of nitrogens with zero attached hydrogens (tertiary/aromatic N) is 2. The number of benzene rings is 1. The Kier molecular flexibility index (Phi) is 4.29. The number of rotatable bonds is 1. The maximum atomic E-state index is 13.5. The molecule has 1 aromatic carbocycles. The molecule has 0 bridgehead atoms. The van der Waals surface area contributed by atoms with Crippen LogP contribution >= 0.6 is 0 Å². The average molecular weight is 377 g/mol. The Morgan fingerprint density at radius 2 is 1.16 bits per heavy atom. The number of hydrogen-bond donors (Lipinski definition) is 1. The van der Waals surface area contributed by atoms with E-state index in [0.717, 1.165) is 29.6 Å². The van der Waals surface area contributed by atoms with Crippen LogP contribution in [0, 0.1) is 6.92 Å². The van der Waals surface area contributed by atoms with Crippen molar-refractivity contribution in [3.63, 3.8) is 0 Å². The summed E-state index contributed by atoms with van der Waals surface area (Å²) in [6.45, 7) is 1.47. The molecule has 0 aliphatic carbocycles. The van der Waals surface area contributed by atoms with Crippen LogP contribution < -0.4 is 5.32 Å². The molecular formula is C13H8F9N3. The van der Waals surface area contributed by atoms with Crippen LogP contribution in [0.5, 0.6) is 0 Å². The van der Waals surface area contributed by atoms with Gasteiger partial charge in [0.15, 0.2) is 0 Å². The first-order chi connectivity index (χ1) is 11.2. The standard InChI is InChI=1S/C13H8F9N3/c1-6-2-4-7(5-3-6)10(13(20,21)22)24-8(11(14,15)16)23-9(25-10)12(17,18)19/h2-5H,1H3,(H,23,24,25). The molecule has 0 fully saturated rings. The zero-order valence-corrected chi connectivity index (χ0v) is 12.1. The maximum absolute atomic E-state index is 13.5. The monoisotopic (exact) mass is 377 g/mol. The van der Waals surface area contributed by atoms with Gasteiger partial charge >= 0.3 is 18.5 Å². The van der Waals surface area contributed by atoms with Gasteiger partial charge in [-0.1, -0.05) is 29.8 Å². The van der Waals surface area contributed by atoms with Gasteiger partial charge in [-0.15, -0.1) is 0 Å². The molecule has 0 saturated carbocycles. The minimum Gasteiger partial charge on any atom is -0.317 e. The third-order valence-electron chi connectivity index (χ3n) is 3.17. The Morgan fingerprint density at radius 3 is 1.48 bits per heavy atom. The molecule has 138 valence electrons. The number of aryl methyl sites for hydroxylation is 1. The van der Waals surface area contributed by atoms with Crippen LogP contribution in [-0.2, 0) is 5.66 Å². The fourth-order valence-corrected chi connectivity index (χ4v) is 1.99. The molecule has 1 aromatic rings. The molecule has 12 heteroatoms. The summed E-state index contributed by atoms with van der Waals surface area (Å²) in [5.74, 6) is -4.87. The van der Waals surface area contributed by atoms with E-state index in [-0.39, 0.29) is 0 Å². The van der Waals surface area contributed by atoms with Crippen LogP contribution in [0.1, 0.15) is 11.1 Å². The predicted molar refractivity (Wildman–Crippen MR) is 69.0 cm³/mol. The molecule has 0 aromatic heterocycles. The molecule has 0 saturated heterocycles. The summed E-state index contributed by atoms with van der Waals surface area (Å²) in [6.07, 6.45) is -16.8. The zero-order chi connectivity index (χ0) is 19.3. The molecule has 0 radical (unpaired) electrons. The van der Waals surface area contributed by atoms with Gasteiger partial charge in [0.2, 0.25) is 11.7 Å².